The van der Waals surface area contributed by atoms with Gasteiger partial charge in [-0.05, 0) is 6.42 Å². The maximum Gasteiger partial charge on any atom is 0.332 e. The highest BCUT2D eigenvalue weighted by Gasteiger charge is 2.12. The topological polar surface area (TPSA) is 56.0 Å². The van der Waals surface area contributed by atoms with E-state index in [2.05, 4.69) is 5.32 Å². The number of nitrogens with zero attached hydrogens (tertiary/aromatic N) is 2. The van der Waals surface area contributed by atoms with E-state index in [0.717, 1.165) is 11.0 Å². The molecule has 0 atom stereocenters. The van der Waals surface area contributed by atoms with Crippen molar-refractivity contribution in [3.63, 3.8) is 0 Å². The molecule has 0 bridgehead atoms. The SMILES string of the molecule is Cn1c(NCCCCl)c(Cl)c(=O)n(C)c1=O. The summed E-state index contributed by atoms with van der Waals surface area (Å²) in [5, 5.41) is 2.94. The van der Waals surface area contributed by atoms with Gasteiger partial charge in [0.1, 0.15) is 10.8 Å². The molecule has 1 aromatic rings. The molecule has 0 aromatic carbocycles. The number of halogens is 2. The van der Waals surface area contributed by atoms with E-state index in [9.17, 15) is 9.59 Å². The van der Waals surface area contributed by atoms with Crippen molar-refractivity contribution in [1.29, 1.82) is 0 Å². The molecule has 0 fully saturated rings. The van der Waals surface area contributed by atoms with Crippen molar-refractivity contribution in [3.8, 4) is 0 Å². The van der Waals surface area contributed by atoms with Crippen LogP contribution in [0.1, 0.15) is 6.42 Å². The van der Waals surface area contributed by atoms with E-state index in [1.165, 1.54) is 11.6 Å². The van der Waals surface area contributed by atoms with Gasteiger partial charge in [0.05, 0.1) is 0 Å². The Morgan fingerprint density at radius 3 is 2.44 bits per heavy atom. The third-order valence-corrected chi connectivity index (χ3v) is 2.82. The Balaban J connectivity index is 3.19. The molecule has 7 heteroatoms. The second-order valence-corrected chi connectivity index (χ2v) is 4.09. The number of rotatable bonds is 4. The minimum absolute atomic E-state index is 0.0131. The molecule has 0 amide bonds. The van der Waals surface area contributed by atoms with Crippen LogP contribution in [0, 0.1) is 0 Å². The van der Waals surface area contributed by atoms with Crippen LogP contribution in [0.3, 0.4) is 0 Å². The summed E-state index contributed by atoms with van der Waals surface area (Å²) in [6.45, 7) is 0.559. The van der Waals surface area contributed by atoms with Crippen LogP contribution in [0.2, 0.25) is 5.02 Å². The van der Waals surface area contributed by atoms with Crippen LogP contribution in [0.5, 0.6) is 0 Å². The van der Waals surface area contributed by atoms with Crippen LogP contribution in [-0.4, -0.2) is 21.6 Å². The van der Waals surface area contributed by atoms with Crippen molar-refractivity contribution in [3.05, 3.63) is 25.9 Å². The van der Waals surface area contributed by atoms with Gasteiger partial charge < -0.3 is 5.32 Å². The highest BCUT2D eigenvalue weighted by molar-refractivity contribution is 6.32. The van der Waals surface area contributed by atoms with E-state index >= 15 is 0 Å². The van der Waals surface area contributed by atoms with Gasteiger partial charge >= 0.3 is 5.69 Å². The van der Waals surface area contributed by atoms with Crippen LogP contribution >= 0.6 is 23.2 Å². The summed E-state index contributed by atoms with van der Waals surface area (Å²) in [6, 6.07) is 0. The van der Waals surface area contributed by atoms with Gasteiger partial charge in [0.15, 0.2) is 0 Å². The first-order valence-corrected chi connectivity index (χ1v) is 5.67. The number of anilines is 1. The van der Waals surface area contributed by atoms with Gasteiger partial charge in [0.2, 0.25) is 0 Å². The minimum Gasteiger partial charge on any atom is -0.370 e. The first-order valence-electron chi connectivity index (χ1n) is 4.76. The number of alkyl halides is 1. The zero-order chi connectivity index (χ0) is 12.3. The standard InChI is InChI=1S/C9H13Cl2N3O2/c1-13-7(12-5-3-4-10)6(11)8(15)14(2)9(13)16/h12H,3-5H2,1-2H3. The molecule has 0 aliphatic carbocycles. The first-order chi connectivity index (χ1) is 7.50. The largest absolute Gasteiger partial charge is 0.370 e. The number of hydrogen-bond acceptors (Lipinski definition) is 3. The number of aromatic nitrogens is 2. The number of nitrogens with one attached hydrogen (secondary N) is 1. The van der Waals surface area contributed by atoms with Crippen molar-refractivity contribution >= 4 is 29.0 Å². The van der Waals surface area contributed by atoms with Crippen molar-refractivity contribution in [1.82, 2.24) is 9.13 Å². The van der Waals surface area contributed by atoms with Crippen molar-refractivity contribution in [2.24, 2.45) is 14.1 Å². The second kappa shape index (κ2) is 5.41. The summed E-state index contributed by atoms with van der Waals surface area (Å²) in [4.78, 5) is 23.1. The Morgan fingerprint density at radius 1 is 1.25 bits per heavy atom. The highest BCUT2D eigenvalue weighted by atomic mass is 35.5. The van der Waals surface area contributed by atoms with Crippen molar-refractivity contribution in [2.75, 3.05) is 17.7 Å². The van der Waals surface area contributed by atoms with E-state index < -0.39 is 11.2 Å². The third kappa shape index (κ3) is 2.41. The van der Waals surface area contributed by atoms with Crippen LogP contribution in [0.25, 0.3) is 0 Å². The average Bonchev–Trinajstić information content (AvgIpc) is 2.28. The maximum absolute atomic E-state index is 11.6. The fourth-order valence-electron chi connectivity index (χ4n) is 1.27. The van der Waals surface area contributed by atoms with Crippen LogP contribution in [-0.2, 0) is 14.1 Å². The van der Waals surface area contributed by atoms with E-state index in [4.69, 9.17) is 23.2 Å². The first kappa shape index (κ1) is 13.1. The van der Waals surface area contributed by atoms with Gasteiger partial charge in [-0.3, -0.25) is 13.9 Å². The summed E-state index contributed by atoms with van der Waals surface area (Å²) in [6.07, 6.45) is 0.723. The summed E-state index contributed by atoms with van der Waals surface area (Å²) in [7, 11) is 2.94. The lowest BCUT2D eigenvalue weighted by Crippen LogP contribution is -2.38. The van der Waals surface area contributed by atoms with Crippen LogP contribution in [0.15, 0.2) is 9.59 Å². The Kier molecular flexibility index (Phi) is 4.44. The molecule has 5 nitrogen and oxygen atoms in total. The Labute approximate surface area is 103 Å². The van der Waals surface area contributed by atoms with E-state index in [-0.39, 0.29) is 5.02 Å². The van der Waals surface area contributed by atoms with E-state index in [1.54, 1.807) is 7.05 Å². The second-order valence-electron chi connectivity index (χ2n) is 3.34. The zero-order valence-corrected chi connectivity index (χ0v) is 10.6. The smallest absolute Gasteiger partial charge is 0.332 e. The van der Waals surface area contributed by atoms with Gasteiger partial charge in [-0.25, -0.2) is 4.79 Å². The third-order valence-electron chi connectivity index (χ3n) is 2.21. The molecule has 0 saturated heterocycles. The van der Waals surface area contributed by atoms with E-state index in [1.807, 2.05) is 0 Å². The zero-order valence-electron chi connectivity index (χ0n) is 9.09. The van der Waals surface area contributed by atoms with Crippen LogP contribution in [0.4, 0.5) is 5.82 Å². The lowest BCUT2D eigenvalue weighted by atomic mass is 10.4. The van der Waals surface area contributed by atoms with Crippen LogP contribution < -0.4 is 16.6 Å². The van der Waals surface area contributed by atoms with Gasteiger partial charge in [-0.1, -0.05) is 11.6 Å². The fraction of sp³-hybridized carbons (Fsp3) is 0.556. The Hall–Kier alpha value is -0.940. The predicted octanol–water partition coefficient (Wildman–Crippen LogP) is 0.778. The number of hydrogen-bond donors (Lipinski definition) is 1. The van der Waals surface area contributed by atoms with Gasteiger partial charge in [0, 0.05) is 26.5 Å². The molecule has 1 heterocycles. The summed E-state index contributed by atoms with van der Waals surface area (Å²) in [5.41, 5.74) is -0.916. The molecule has 1 aromatic heterocycles. The normalized spacial score (nSPS) is 10.5. The predicted molar refractivity (Wildman–Crippen MR) is 65.8 cm³/mol. The monoisotopic (exact) mass is 265 g/mol. The molecule has 0 saturated carbocycles. The molecule has 16 heavy (non-hydrogen) atoms. The molecule has 0 unspecified atom stereocenters. The molecule has 0 aliphatic rings. The quantitative estimate of drug-likeness (QED) is 0.647. The molecule has 0 aliphatic heterocycles. The molecule has 1 N–H and O–H groups in total. The Morgan fingerprint density at radius 2 is 1.88 bits per heavy atom. The lowest BCUT2D eigenvalue weighted by Gasteiger charge is -2.12. The molecular formula is C9H13Cl2N3O2. The van der Waals surface area contributed by atoms with Gasteiger partial charge in [0.25, 0.3) is 5.56 Å². The lowest BCUT2D eigenvalue weighted by molar-refractivity contribution is 0.688. The molecular weight excluding hydrogens is 253 g/mol. The van der Waals surface area contributed by atoms with Crippen molar-refractivity contribution in [2.45, 2.75) is 6.42 Å². The molecule has 90 valence electrons. The maximum atomic E-state index is 11.6. The van der Waals surface area contributed by atoms with E-state index in [0.29, 0.717) is 18.2 Å². The fourth-order valence-corrected chi connectivity index (χ4v) is 1.73. The van der Waals surface area contributed by atoms with Gasteiger partial charge in [-0.15, -0.1) is 11.6 Å². The molecule has 0 spiro atoms. The molecule has 0 radical (unpaired) electrons. The summed E-state index contributed by atoms with van der Waals surface area (Å²) >= 11 is 11.4. The Bertz CT molecular complexity index is 456. The average molecular weight is 266 g/mol. The minimum atomic E-state index is -0.502. The van der Waals surface area contributed by atoms with Gasteiger partial charge in [-0.2, -0.15) is 0 Å². The molecule has 1 rings (SSSR count). The summed E-state index contributed by atoms with van der Waals surface area (Å²) in [5.74, 6) is 0.837. The summed E-state index contributed by atoms with van der Waals surface area (Å²) < 4.78 is 2.27. The van der Waals surface area contributed by atoms with Crippen molar-refractivity contribution < 1.29 is 0 Å². The highest BCUT2D eigenvalue weighted by Crippen LogP contribution is 2.13.